The van der Waals surface area contributed by atoms with Crippen LogP contribution in [0.2, 0.25) is 0 Å². The minimum absolute atomic E-state index is 0.0683. The number of carbonyl (C=O) groups is 1. The second-order valence-corrected chi connectivity index (χ2v) is 5.58. The first-order chi connectivity index (χ1) is 8.56. The van der Waals surface area contributed by atoms with E-state index in [1.807, 2.05) is 0 Å². The summed E-state index contributed by atoms with van der Waals surface area (Å²) >= 11 is 1.43. The third-order valence-electron chi connectivity index (χ3n) is 3.08. The normalized spacial score (nSPS) is 14.9. The molecule has 1 amide bonds. The van der Waals surface area contributed by atoms with Crippen LogP contribution in [0.4, 0.5) is 10.7 Å². The molecular formula is C12H19N3O2S. The van der Waals surface area contributed by atoms with E-state index in [9.17, 15) is 4.79 Å². The summed E-state index contributed by atoms with van der Waals surface area (Å²) in [5.74, 6) is 0.577. The predicted octanol–water partition coefficient (Wildman–Crippen LogP) is 1.64. The van der Waals surface area contributed by atoms with Crippen molar-refractivity contribution in [3.63, 3.8) is 0 Å². The van der Waals surface area contributed by atoms with Crippen molar-refractivity contribution in [2.24, 2.45) is 0 Å². The van der Waals surface area contributed by atoms with Gasteiger partial charge in [0, 0.05) is 27.2 Å². The van der Waals surface area contributed by atoms with E-state index in [1.54, 1.807) is 21.2 Å². The number of nitrogens with zero attached hydrogens (tertiary/aromatic N) is 2. The number of ether oxygens (including phenoxy) is 1. The average Bonchev–Trinajstić information content (AvgIpc) is 2.94. The number of thiophene rings is 1. The number of hydrogen-bond donors (Lipinski definition) is 1. The number of rotatable bonds is 3. The Labute approximate surface area is 111 Å². The molecule has 0 atom stereocenters. The smallest absolute Gasteiger partial charge is 0.265 e. The molecule has 2 heterocycles. The molecule has 0 radical (unpaired) electrons. The van der Waals surface area contributed by atoms with Crippen LogP contribution in [-0.4, -0.2) is 45.1 Å². The first kappa shape index (κ1) is 13.0. The second kappa shape index (κ2) is 5.06. The fraction of sp³-hybridized carbons (Fsp3) is 0.583. The van der Waals surface area contributed by atoms with Gasteiger partial charge in [0.1, 0.15) is 15.6 Å². The Kier molecular flexibility index (Phi) is 3.65. The van der Waals surface area contributed by atoms with Crippen molar-refractivity contribution < 1.29 is 9.53 Å². The molecule has 2 rings (SSSR count). The summed E-state index contributed by atoms with van der Waals surface area (Å²) in [6.07, 6.45) is 2.36. The van der Waals surface area contributed by atoms with E-state index in [0.717, 1.165) is 18.1 Å². The van der Waals surface area contributed by atoms with Crippen molar-refractivity contribution in [2.45, 2.75) is 12.8 Å². The van der Waals surface area contributed by atoms with Gasteiger partial charge in [-0.2, -0.15) is 0 Å². The predicted molar refractivity (Wildman–Crippen MR) is 74.7 cm³/mol. The number of carbonyl (C=O) groups excluding carboxylic acids is 1. The van der Waals surface area contributed by atoms with Crippen LogP contribution in [0.5, 0.6) is 5.75 Å². The summed E-state index contributed by atoms with van der Waals surface area (Å²) in [7, 11) is 5.05. The molecule has 1 aliphatic heterocycles. The molecule has 2 N–H and O–H groups in total. The fourth-order valence-electron chi connectivity index (χ4n) is 2.10. The first-order valence-corrected chi connectivity index (χ1v) is 6.80. The van der Waals surface area contributed by atoms with Gasteiger partial charge in [-0.3, -0.25) is 4.79 Å². The average molecular weight is 269 g/mol. The molecule has 0 saturated carbocycles. The van der Waals surface area contributed by atoms with E-state index in [2.05, 4.69) is 4.90 Å². The Bertz CT molecular complexity index is 450. The highest BCUT2D eigenvalue weighted by Crippen LogP contribution is 2.45. The highest BCUT2D eigenvalue weighted by atomic mass is 32.1. The SMILES string of the molecule is COc1c(N2CCCC2)sc(C(=O)N(C)C)c1N. The zero-order chi connectivity index (χ0) is 13.3. The van der Waals surface area contributed by atoms with E-state index in [1.165, 1.54) is 29.1 Å². The summed E-state index contributed by atoms with van der Waals surface area (Å²) in [4.78, 5) is 16.4. The number of anilines is 2. The molecule has 1 aromatic heterocycles. The largest absolute Gasteiger partial charge is 0.492 e. The van der Waals surface area contributed by atoms with Gasteiger partial charge in [0.25, 0.3) is 5.91 Å². The van der Waals surface area contributed by atoms with Crippen LogP contribution in [0.25, 0.3) is 0 Å². The molecule has 0 aliphatic carbocycles. The topological polar surface area (TPSA) is 58.8 Å². The molecule has 1 aromatic rings. The number of nitrogens with two attached hydrogens (primary N) is 1. The van der Waals surface area contributed by atoms with Gasteiger partial charge in [0.15, 0.2) is 5.75 Å². The zero-order valence-corrected chi connectivity index (χ0v) is 11.8. The van der Waals surface area contributed by atoms with Crippen LogP contribution in [0.3, 0.4) is 0 Å². The van der Waals surface area contributed by atoms with Crippen molar-refractivity contribution in [3.05, 3.63) is 4.88 Å². The third kappa shape index (κ3) is 2.12. The zero-order valence-electron chi connectivity index (χ0n) is 11.0. The maximum Gasteiger partial charge on any atom is 0.265 e. The number of hydrogen-bond acceptors (Lipinski definition) is 5. The van der Waals surface area contributed by atoms with E-state index in [-0.39, 0.29) is 5.91 Å². The molecule has 6 heteroatoms. The summed E-state index contributed by atoms with van der Waals surface area (Å²) in [5, 5.41) is 0.984. The maximum atomic E-state index is 12.0. The van der Waals surface area contributed by atoms with E-state index < -0.39 is 0 Å². The molecule has 0 unspecified atom stereocenters. The first-order valence-electron chi connectivity index (χ1n) is 5.99. The van der Waals surface area contributed by atoms with E-state index in [4.69, 9.17) is 10.5 Å². The Morgan fingerprint density at radius 2 is 2.00 bits per heavy atom. The van der Waals surface area contributed by atoms with Gasteiger partial charge in [-0.1, -0.05) is 0 Å². The summed E-state index contributed by atoms with van der Waals surface area (Å²) in [6.45, 7) is 2.01. The van der Waals surface area contributed by atoms with Crippen LogP contribution in [0, 0.1) is 0 Å². The van der Waals surface area contributed by atoms with Gasteiger partial charge in [-0.05, 0) is 12.8 Å². The van der Waals surface area contributed by atoms with Gasteiger partial charge in [-0.15, -0.1) is 11.3 Å². The molecule has 5 nitrogen and oxygen atoms in total. The number of amides is 1. The van der Waals surface area contributed by atoms with Crippen molar-refractivity contribution in [1.82, 2.24) is 4.90 Å². The Hall–Kier alpha value is -1.43. The Balaban J connectivity index is 2.41. The molecule has 0 spiro atoms. The quantitative estimate of drug-likeness (QED) is 0.906. The lowest BCUT2D eigenvalue weighted by atomic mass is 10.3. The lowest BCUT2D eigenvalue weighted by Gasteiger charge is -2.16. The van der Waals surface area contributed by atoms with Gasteiger partial charge < -0.3 is 20.3 Å². The summed E-state index contributed by atoms with van der Waals surface area (Å²) < 4.78 is 5.37. The van der Waals surface area contributed by atoms with Crippen molar-refractivity contribution >= 4 is 27.9 Å². The molecule has 0 bridgehead atoms. The summed E-state index contributed by atoms with van der Waals surface area (Å²) in [5.41, 5.74) is 6.49. The van der Waals surface area contributed by atoms with Crippen LogP contribution in [-0.2, 0) is 0 Å². The highest BCUT2D eigenvalue weighted by Gasteiger charge is 2.27. The lowest BCUT2D eigenvalue weighted by Crippen LogP contribution is -2.21. The van der Waals surface area contributed by atoms with Crippen LogP contribution < -0.4 is 15.4 Å². The molecule has 18 heavy (non-hydrogen) atoms. The Morgan fingerprint density at radius 3 is 2.50 bits per heavy atom. The minimum Gasteiger partial charge on any atom is -0.492 e. The van der Waals surface area contributed by atoms with E-state index >= 15 is 0 Å². The highest BCUT2D eigenvalue weighted by molar-refractivity contribution is 7.19. The Morgan fingerprint density at radius 1 is 1.39 bits per heavy atom. The minimum atomic E-state index is -0.0683. The van der Waals surface area contributed by atoms with Crippen molar-refractivity contribution in [1.29, 1.82) is 0 Å². The molecule has 1 fully saturated rings. The maximum absolute atomic E-state index is 12.0. The molecule has 1 saturated heterocycles. The monoisotopic (exact) mass is 269 g/mol. The van der Waals surface area contributed by atoms with Crippen LogP contribution in [0.15, 0.2) is 0 Å². The number of methoxy groups -OCH3 is 1. The van der Waals surface area contributed by atoms with Crippen LogP contribution >= 0.6 is 11.3 Å². The van der Waals surface area contributed by atoms with Gasteiger partial charge in [0.05, 0.1) is 7.11 Å². The van der Waals surface area contributed by atoms with Gasteiger partial charge >= 0.3 is 0 Å². The van der Waals surface area contributed by atoms with Crippen molar-refractivity contribution in [2.75, 3.05) is 44.9 Å². The molecule has 1 aliphatic rings. The molecule has 100 valence electrons. The molecular weight excluding hydrogens is 250 g/mol. The number of nitrogen functional groups attached to an aromatic ring is 1. The third-order valence-corrected chi connectivity index (χ3v) is 4.32. The fourth-order valence-corrected chi connectivity index (χ4v) is 3.37. The van der Waals surface area contributed by atoms with Gasteiger partial charge in [0.2, 0.25) is 0 Å². The summed E-state index contributed by atoms with van der Waals surface area (Å²) in [6, 6.07) is 0. The standard InChI is InChI=1S/C12H19N3O2S/c1-14(2)11(16)10-8(13)9(17-3)12(18-10)15-6-4-5-7-15/h4-7,13H2,1-3H3. The van der Waals surface area contributed by atoms with Crippen molar-refractivity contribution in [3.8, 4) is 5.75 Å². The molecule has 0 aromatic carbocycles. The second-order valence-electron chi connectivity index (χ2n) is 4.58. The van der Waals surface area contributed by atoms with Crippen LogP contribution in [0.1, 0.15) is 22.5 Å². The van der Waals surface area contributed by atoms with Gasteiger partial charge in [-0.25, -0.2) is 0 Å². The van der Waals surface area contributed by atoms with E-state index in [0.29, 0.717) is 16.3 Å². The lowest BCUT2D eigenvalue weighted by molar-refractivity contribution is 0.0833.